The summed E-state index contributed by atoms with van der Waals surface area (Å²) in [6, 6.07) is 3.58. The number of halogens is 1. The predicted molar refractivity (Wildman–Crippen MR) is 44.5 cm³/mol. The van der Waals surface area contributed by atoms with Gasteiger partial charge < -0.3 is 10.2 Å². The van der Waals surface area contributed by atoms with Gasteiger partial charge in [0.2, 0.25) is 0 Å². The normalized spacial score (nSPS) is 8.08. The van der Waals surface area contributed by atoms with Crippen molar-refractivity contribution in [3.63, 3.8) is 0 Å². The summed E-state index contributed by atoms with van der Waals surface area (Å²) in [6.07, 6.45) is 3.29. The first kappa shape index (κ1) is 11.4. The molecule has 0 atom stereocenters. The highest BCUT2D eigenvalue weighted by molar-refractivity contribution is 6.30. The first-order valence-electron chi connectivity index (χ1n) is 3.05. The van der Waals surface area contributed by atoms with Crippen molar-refractivity contribution < 1.29 is 19.8 Å². The van der Waals surface area contributed by atoms with Crippen LogP contribution in [0.15, 0.2) is 24.5 Å². The summed E-state index contributed by atoms with van der Waals surface area (Å²) in [4.78, 5) is 22.0. The molecular weight excluding hydrogens is 199 g/mol. The zero-order valence-electron chi connectivity index (χ0n) is 6.35. The number of pyridine rings is 1. The van der Waals surface area contributed by atoms with E-state index in [1.807, 2.05) is 0 Å². The van der Waals surface area contributed by atoms with Gasteiger partial charge in [-0.3, -0.25) is 4.98 Å². The lowest BCUT2D eigenvalue weighted by molar-refractivity contribution is -0.159. The van der Waals surface area contributed by atoms with E-state index in [1.165, 1.54) is 0 Å². The van der Waals surface area contributed by atoms with Crippen LogP contribution in [0, 0.1) is 0 Å². The van der Waals surface area contributed by atoms with Crippen LogP contribution in [-0.4, -0.2) is 27.1 Å². The molecule has 0 aliphatic rings. The van der Waals surface area contributed by atoms with E-state index < -0.39 is 11.9 Å². The molecule has 1 aromatic rings. The predicted octanol–water partition coefficient (Wildman–Crippen LogP) is 0.891. The van der Waals surface area contributed by atoms with Crippen molar-refractivity contribution in [3.8, 4) is 0 Å². The lowest BCUT2D eigenvalue weighted by Crippen LogP contribution is -2.09. The fraction of sp³-hybridized carbons (Fsp3) is 0. The molecule has 0 aliphatic heterocycles. The Kier molecular flexibility index (Phi) is 5.22. The van der Waals surface area contributed by atoms with Crippen LogP contribution in [0.1, 0.15) is 0 Å². The molecule has 0 amide bonds. The number of aromatic nitrogens is 1. The molecule has 1 aromatic heterocycles. The van der Waals surface area contributed by atoms with Gasteiger partial charge in [0, 0.05) is 12.4 Å². The van der Waals surface area contributed by atoms with Crippen LogP contribution in [0.25, 0.3) is 0 Å². The van der Waals surface area contributed by atoms with E-state index in [-0.39, 0.29) is 0 Å². The molecule has 0 spiro atoms. The fourth-order valence-electron chi connectivity index (χ4n) is 0.342. The van der Waals surface area contributed by atoms with Gasteiger partial charge in [-0.15, -0.1) is 0 Å². The van der Waals surface area contributed by atoms with Gasteiger partial charge in [-0.2, -0.15) is 0 Å². The van der Waals surface area contributed by atoms with Gasteiger partial charge >= 0.3 is 11.9 Å². The number of rotatable bonds is 0. The van der Waals surface area contributed by atoms with Crippen molar-refractivity contribution in [2.24, 2.45) is 0 Å². The minimum Gasteiger partial charge on any atom is -0.473 e. The topological polar surface area (TPSA) is 87.5 Å². The Morgan fingerprint density at radius 1 is 1.31 bits per heavy atom. The molecule has 0 bridgehead atoms. The molecule has 0 aliphatic carbocycles. The Bertz CT molecular complexity index is 276. The lowest BCUT2D eigenvalue weighted by atomic mass is 10.5. The summed E-state index contributed by atoms with van der Waals surface area (Å²) in [6.45, 7) is 0. The molecule has 2 N–H and O–H groups in total. The van der Waals surface area contributed by atoms with Crippen LogP contribution in [0.2, 0.25) is 5.02 Å². The van der Waals surface area contributed by atoms with Crippen molar-refractivity contribution in [3.05, 3.63) is 29.5 Å². The SMILES string of the molecule is Clc1ccc[15n]c1.O=C(O)C(=O)O. The summed E-state index contributed by atoms with van der Waals surface area (Å²) in [5.41, 5.74) is 0. The van der Waals surface area contributed by atoms with Gasteiger partial charge in [-0.05, 0) is 12.1 Å². The van der Waals surface area contributed by atoms with E-state index in [9.17, 15) is 0 Å². The number of hydrogen-bond donors (Lipinski definition) is 2. The summed E-state index contributed by atoms with van der Waals surface area (Å²) in [7, 11) is 0. The first-order chi connectivity index (χ1) is 6.04. The molecule has 1 rings (SSSR count). The van der Waals surface area contributed by atoms with Crippen LogP contribution in [0.4, 0.5) is 0 Å². The van der Waals surface area contributed by atoms with Crippen molar-refractivity contribution in [1.29, 1.82) is 0 Å². The molecular formula is C7H6ClNO4. The average Bonchev–Trinajstić information content (AvgIpc) is 2.06. The Balaban J connectivity index is 0.000000226. The highest BCUT2D eigenvalue weighted by Crippen LogP contribution is 2.00. The summed E-state index contributed by atoms with van der Waals surface area (Å²) >= 11 is 5.48. The highest BCUT2D eigenvalue weighted by atomic mass is 35.5. The number of aliphatic carboxylic acids is 2. The molecule has 6 heteroatoms. The minimum atomic E-state index is -1.82. The number of nitrogens with zero attached hydrogens (tertiary/aromatic N) is 1. The van der Waals surface area contributed by atoms with Crippen molar-refractivity contribution >= 4 is 23.5 Å². The monoisotopic (exact) mass is 204 g/mol. The molecule has 70 valence electrons. The van der Waals surface area contributed by atoms with Gasteiger partial charge in [0.25, 0.3) is 0 Å². The molecule has 0 radical (unpaired) electrons. The van der Waals surface area contributed by atoms with Gasteiger partial charge in [-0.1, -0.05) is 11.6 Å². The molecule has 5 nitrogen and oxygen atoms in total. The quantitative estimate of drug-likeness (QED) is 0.613. The second-order valence-corrected chi connectivity index (χ2v) is 2.22. The zero-order valence-corrected chi connectivity index (χ0v) is 7.10. The average molecular weight is 205 g/mol. The Morgan fingerprint density at radius 3 is 2.00 bits per heavy atom. The maximum atomic E-state index is 9.10. The maximum Gasteiger partial charge on any atom is 0.414 e. The van der Waals surface area contributed by atoms with Crippen molar-refractivity contribution in [2.45, 2.75) is 0 Å². The van der Waals surface area contributed by atoms with Crippen molar-refractivity contribution in [2.75, 3.05) is 0 Å². The molecule has 0 aromatic carbocycles. The van der Waals surface area contributed by atoms with Gasteiger partial charge in [0.1, 0.15) is 0 Å². The number of carboxylic acids is 2. The third-order valence-corrected chi connectivity index (χ3v) is 1.03. The first-order valence-corrected chi connectivity index (χ1v) is 3.43. The third kappa shape index (κ3) is 6.77. The van der Waals surface area contributed by atoms with Crippen LogP contribution >= 0.6 is 11.6 Å². The third-order valence-electron chi connectivity index (χ3n) is 0.808. The smallest absolute Gasteiger partial charge is 0.414 e. The molecule has 0 saturated carbocycles. The lowest BCUT2D eigenvalue weighted by Gasteiger charge is -1.79. The Hall–Kier alpha value is -1.62. The minimum absolute atomic E-state index is 0.683. The van der Waals surface area contributed by atoms with Crippen molar-refractivity contribution in [1.82, 2.24) is 4.98 Å². The van der Waals surface area contributed by atoms with Crippen LogP contribution in [-0.2, 0) is 9.59 Å². The summed E-state index contributed by atoms with van der Waals surface area (Å²) in [5.74, 6) is -3.65. The van der Waals surface area contributed by atoms with E-state index in [2.05, 4.69) is 4.98 Å². The summed E-state index contributed by atoms with van der Waals surface area (Å²) < 4.78 is 0. The van der Waals surface area contributed by atoms with Crippen LogP contribution < -0.4 is 0 Å². The van der Waals surface area contributed by atoms with E-state index in [0.717, 1.165) is 0 Å². The van der Waals surface area contributed by atoms with E-state index in [0.29, 0.717) is 5.02 Å². The van der Waals surface area contributed by atoms with E-state index >= 15 is 0 Å². The van der Waals surface area contributed by atoms with Gasteiger partial charge in [-0.25, -0.2) is 9.59 Å². The standard InChI is InChI=1S/C5H4ClN.C2H2O4/c6-5-2-1-3-7-4-5;3-1(4)2(5)6/h1-4H;(H,3,4)(H,5,6)/i7+1;. The van der Waals surface area contributed by atoms with Crippen LogP contribution in [0.5, 0.6) is 0 Å². The molecule has 1 heterocycles. The summed E-state index contributed by atoms with van der Waals surface area (Å²) in [5, 5.41) is 15.5. The maximum absolute atomic E-state index is 9.10. The fourth-order valence-corrected chi connectivity index (χ4v) is 0.471. The molecule has 0 unspecified atom stereocenters. The Morgan fingerprint density at radius 2 is 1.85 bits per heavy atom. The largest absolute Gasteiger partial charge is 0.473 e. The molecule has 13 heavy (non-hydrogen) atoms. The van der Waals surface area contributed by atoms with Gasteiger partial charge in [0.05, 0.1) is 5.02 Å². The van der Waals surface area contributed by atoms with E-state index in [1.54, 1.807) is 24.5 Å². The number of hydrogen-bond acceptors (Lipinski definition) is 3. The zero-order chi connectivity index (χ0) is 10.3. The number of carboxylic acid groups (broad SMARTS) is 2. The van der Waals surface area contributed by atoms with Crippen LogP contribution in [0.3, 0.4) is 0 Å². The second kappa shape index (κ2) is 5.96. The molecule has 0 saturated heterocycles. The second-order valence-electron chi connectivity index (χ2n) is 1.78. The highest BCUT2D eigenvalue weighted by Gasteiger charge is 2.04. The Labute approximate surface area is 78.6 Å². The van der Waals surface area contributed by atoms with E-state index in [4.69, 9.17) is 31.4 Å². The van der Waals surface area contributed by atoms with Gasteiger partial charge in [0.15, 0.2) is 0 Å². The number of carbonyl (C=O) groups is 2. The molecule has 0 fully saturated rings.